The number of hydrogen-bond donors (Lipinski definition) is 2. The first-order chi connectivity index (χ1) is 16.9. The summed E-state index contributed by atoms with van der Waals surface area (Å²) in [7, 11) is 0. The summed E-state index contributed by atoms with van der Waals surface area (Å²) in [6, 6.07) is 3.71. The predicted molar refractivity (Wildman–Crippen MR) is 135 cm³/mol. The Balaban J connectivity index is 2.27. The molecule has 0 heterocycles. The summed E-state index contributed by atoms with van der Waals surface area (Å²) in [4.78, 5) is 24.2. The molecule has 0 aliphatic heterocycles. The van der Waals surface area contributed by atoms with Gasteiger partial charge in [-0.15, -0.1) is 0 Å². The fraction of sp³-hybridized carbons (Fsp3) is 0.273. The maximum Gasteiger partial charge on any atom is 0.405 e. The van der Waals surface area contributed by atoms with Crippen LogP contribution in [0.5, 0.6) is 0 Å². The predicted octanol–water partition coefficient (Wildman–Crippen LogP) is 7.70. The maximum absolute atomic E-state index is 14.9. The van der Waals surface area contributed by atoms with Gasteiger partial charge < -0.3 is 10.6 Å². The number of halogens is 11. The lowest BCUT2D eigenvalue weighted by Crippen LogP contribution is -2.47. The Hall–Kier alpha value is -1.77. The molecule has 0 bridgehead atoms. The van der Waals surface area contributed by atoms with Gasteiger partial charge in [-0.2, -0.15) is 26.3 Å². The minimum Gasteiger partial charge on any atom is -0.345 e. The lowest BCUT2D eigenvalue weighted by molar-refractivity contribution is -0.139. The van der Waals surface area contributed by atoms with Gasteiger partial charge in [0, 0.05) is 9.13 Å². The van der Waals surface area contributed by atoms with Gasteiger partial charge in [0.15, 0.2) is 0 Å². The molecule has 0 fully saturated rings. The number of benzene rings is 2. The minimum absolute atomic E-state index is 0.0868. The molecule has 1 unspecified atom stereocenters. The quantitative estimate of drug-likeness (QED) is 0.176. The highest BCUT2D eigenvalue weighted by molar-refractivity contribution is 14.1. The zero-order valence-corrected chi connectivity index (χ0v) is 22.7. The average Bonchev–Trinajstić information content (AvgIpc) is 2.77. The zero-order valence-electron chi connectivity index (χ0n) is 18.3. The van der Waals surface area contributed by atoms with Crippen molar-refractivity contribution in [1.29, 1.82) is 0 Å². The Morgan fingerprint density at radius 3 is 2.08 bits per heavy atom. The molecule has 2 amide bonds. The SMILES string of the molecule is C[C@@H](NC(=O)c1ccc(/C(F)=C/C(c2cc(Cl)c(Cl)c(Cl)c2)C(F)(F)F)cc1I)C(=O)NCC(F)(F)F. The van der Waals surface area contributed by atoms with Crippen LogP contribution < -0.4 is 10.6 Å². The van der Waals surface area contributed by atoms with E-state index in [1.54, 1.807) is 27.9 Å². The third-order valence-electron chi connectivity index (χ3n) is 4.72. The number of carbonyl (C=O) groups excluding carboxylic acids is 2. The highest BCUT2D eigenvalue weighted by Gasteiger charge is 2.40. The molecular formula is C22H15Cl3F7IN2O2. The van der Waals surface area contributed by atoms with E-state index in [0.29, 0.717) is 6.08 Å². The van der Waals surface area contributed by atoms with Gasteiger partial charge in [-0.25, -0.2) is 4.39 Å². The van der Waals surface area contributed by atoms with Gasteiger partial charge in [0.1, 0.15) is 24.3 Å². The van der Waals surface area contributed by atoms with Crippen LogP contribution in [0.15, 0.2) is 36.4 Å². The molecule has 2 atom stereocenters. The van der Waals surface area contributed by atoms with E-state index in [1.807, 2.05) is 0 Å². The monoisotopic (exact) mass is 704 g/mol. The van der Waals surface area contributed by atoms with Crippen molar-refractivity contribution in [2.24, 2.45) is 0 Å². The molecule has 0 saturated carbocycles. The van der Waals surface area contributed by atoms with Crippen LogP contribution in [-0.4, -0.2) is 36.8 Å². The van der Waals surface area contributed by atoms with Crippen LogP contribution in [0.2, 0.25) is 15.1 Å². The summed E-state index contributed by atoms with van der Waals surface area (Å²) >= 11 is 19.0. The highest BCUT2D eigenvalue weighted by Crippen LogP contribution is 2.42. The van der Waals surface area contributed by atoms with Crippen LogP contribution >= 0.6 is 57.4 Å². The number of nitrogens with one attached hydrogen (secondary N) is 2. The fourth-order valence-corrected chi connectivity index (χ4v) is 4.28. The second-order valence-corrected chi connectivity index (χ2v) is 9.91. The summed E-state index contributed by atoms with van der Waals surface area (Å²) in [5.41, 5.74) is -0.834. The number of amides is 2. The standard InChI is InChI=1S/C22H15Cl3F7IN2O2/c1-9(19(36)34-8-21(27,28)29)35-20(37)12-3-2-10(6-17(12)33)16(26)7-13(22(30,31)32)11-4-14(23)18(25)15(24)5-11/h2-7,9,13H,8H2,1H3,(H,34,36)(H,35,37)/b16-7-/t9-,13?/m1/s1. The molecule has 2 N–H and O–H groups in total. The summed E-state index contributed by atoms with van der Waals surface area (Å²) in [6.45, 7) is -0.433. The Kier molecular flexibility index (Phi) is 10.5. The van der Waals surface area contributed by atoms with Crippen molar-refractivity contribution < 1.29 is 40.3 Å². The number of hydrogen-bond acceptors (Lipinski definition) is 2. The molecule has 0 saturated heterocycles. The molecule has 15 heteroatoms. The van der Waals surface area contributed by atoms with E-state index in [1.165, 1.54) is 0 Å². The largest absolute Gasteiger partial charge is 0.405 e. The molecule has 0 aliphatic rings. The summed E-state index contributed by atoms with van der Waals surface area (Å²) in [5.74, 6) is -5.66. The fourth-order valence-electron chi connectivity index (χ4n) is 2.91. The second kappa shape index (κ2) is 12.4. The van der Waals surface area contributed by atoms with Gasteiger partial charge in [0.25, 0.3) is 5.91 Å². The van der Waals surface area contributed by atoms with E-state index in [4.69, 9.17) is 34.8 Å². The molecule has 0 spiro atoms. The van der Waals surface area contributed by atoms with Crippen molar-refractivity contribution in [2.45, 2.75) is 31.2 Å². The first kappa shape index (κ1) is 31.4. The first-order valence-electron chi connectivity index (χ1n) is 9.94. The highest BCUT2D eigenvalue weighted by atomic mass is 127. The molecule has 0 aliphatic carbocycles. The van der Waals surface area contributed by atoms with Gasteiger partial charge in [-0.05, 0) is 65.4 Å². The van der Waals surface area contributed by atoms with E-state index in [9.17, 15) is 40.3 Å². The third-order valence-corrected chi connectivity index (χ3v) is 6.81. The van der Waals surface area contributed by atoms with Crippen LogP contribution in [0.25, 0.3) is 5.83 Å². The third kappa shape index (κ3) is 8.89. The summed E-state index contributed by atoms with van der Waals surface area (Å²) in [6.07, 6.45) is -9.25. The molecular weight excluding hydrogens is 691 g/mol. The Bertz CT molecular complexity index is 1200. The van der Waals surface area contributed by atoms with Gasteiger partial charge >= 0.3 is 12.4 Å². The lowest BCUT2D eigenvalue weighted by atomic mass is 9.96. The molecule has 0 radical (unpaired) electrons. The smallest absolute Gasteiger partial charge is 0.345 e. The van der Waals surface area contributed by atoms with Crippen molar-refractivity contribution in [3.05, 3.63) is 71.7 Å². The van der Waals surface area contributed by atoms with Crippen molar-refractivity contribution in [3.8, 4) is 0 Å². The van der Waals surface area contributed by atoms with E-state index in [2.05, 4.69) is 5.32 Å². The van der Waals surface area contributed by atoms with Gasteiger partial charge in [0.05, 0.1) is 20.6 Å². The number of carbonyl (C=O) groups is 2. The van der Waals surface area contributed by atoms with Gasteiger partial charge in [-0.1, -0.05) is 40.9 Å². The van der Waals surface area contributed by atoms with Crippen molar-refractivity contribution in [3.63, 3.8) is 0 Å². The average molecular weight is 706 g/mol. The molecule has 2 aromatic carbocycles. The second-order valence-electron chi connectivity index (χ2n) is 7.56. The van der Waals surface area contributed by atoms with Crippen LogP contribution in [0.3, 0.4) is 0 Å². The maximum atomic E-state index is 14.9. The molecule has 4 nitrogen and oxygen atoms in total. The number of rotatable bonds is 7. The number of allylic oxidation sites excluding steroid dienone is 1. The first-order valence-corrected chi connectivity index (χ1v) is 12.2. The summed E-state index contributed by atoms with van der Waals surface area (Å²) < 4.78 is 92.9. The van der Waals surface area contributed by atoms with E-state index < -0.39 is 54.1 Å². The Morgan fingerprint density at radius 2 is 1.59 bits per heavy atom. The molecule has 37 heavy (non-hydrogen) atoms. The molecule has 2 rings (SSSR count). The van der Waals surface area contributed by atoms with Crippen molar-refractivity contribution in [1.82, 2.24) is 10.6 Å². The van der Waals surface area contributed by atoms with Crippen LogP contribution in [0.4, 0.5) is 30.7 Å². The Labute approximate surface area is 234 Å². The zero-order chi connectivity index (χ0) is 28.3. The van der Waals surface area contributed by atoms with E-state index >= 15 is 0 Å². The topological polar surface area (TPSA) is 58.2 Å². The van der Waals surface area contributed by atoms with Crippen molar-refractivity contribution >= 4 is 75.0 Å². The van der Waals surface area contributed by atoms with Crippen LogP contribution in [-0.2, 0) is 4.79 Å². The molecule has 0 aromatic heterocycles. The van der Waals surface area contributed by atoms with Crippen LogP contribution in [0.1, 0.15) is 34.3 Å². The van der Waals surface area contributed by atoms with E-state index in [0.717, 1.165) is 37.3 Å². The molecule has 2 aromatic rings. The van der Waals surface area contributed by atoms with Gasteiger partial charge in [0.2, 0.25) is 5.91 Å². The van der Waals surface area contributed by atoms with Gasteiger partial charge in [-0.3, -0.25) is 9.59 Å². The number of alkyl halides is 6. The molecule has 202 valence electrons. The van der Waals surface area contributed by atoms with Crippen molar-refractivity contribution in [2.75, 3.05) is 6.54 Å². The minimum atomic E-state index is -4.92. The summed E-state index contributed by atoms with van der Waals surface area (Å²) in [5, 5.41) is 3.15. The normalized spacial score (nSPS) is 14.2. The Morgan fingerprint density at radius 1 is 1.03 bits per heavy atom. The van der Waals surface area contributed by atoms with Crippen LogP contribution in [0, 0.1) is 3.57 Å². The lowest BCUT2D eigenvalue weighted by Gasteiger charge is -2.19. The van der Waals surface area contributed by atoms with E-state index in [-0.39, 0.29) is 29.8 Å².